The van der Waals surface area contributed by atoms with Gasteiger partial charge in [0.1, 0.15) is 6.33 Å². The number of hydrogen-bond acceptors (Lipinski definition) is 2. The van der Waals surface area contributed by atoms with Gasteiger partial charge in [-0.3, -0.25) is 4.57 Å². The van der Waals surface area contributed by atoms with Gasteiger partial charge in [-0.25, -0.2) is 4.98 Å². The molecule has 0 radical (unpaired) electrons. The third-order valence-electron chi connectivity index (χ3n) is 3.41. The Morgan fingerprint density at radius 3 is 2.65 bits per heavy atom. The summed E-state index contributed by atoms with van der Waals surface area (Å²) in [5, 5.41) is 3.48. The van der Waals surface area contributed by atoms with E-state index in [0.29, 0.717) is 6.04 Å². The van der Waals surface area contributed by atoms with Crippen LogP contribution in [0.2, 0.25) is 0 Å². The molecule has 3 aromatic rings. The van der Waals surface area contributed by atoms with Gasteiger partial charge in [-0.15, -0.1) is 0 Å². The van der Waals surface area contributed by atoms with E-state index in [0.717, 1.165) is 17.6 Å². The van der Waals surface area contributed by atoms with Crippen molar-refractivity contribution in [3.8, 4) is 5.69 Å². The van der Waals surface area contributed by atoms with E-state index in [2.05, 4.69) is 65.1 Å². The minimum Gasteiger partial charge on any atom is -0.310 e. The third-order valence-corrected chi connectivity index (χ3v) is 3.41. The van der Waals surface area contributed by atoms with Crippen molar-refractivity contribution in [1.29, 1.82) is 0 Å². The molecule has 0 unspecified atom stereocenters. The molecule has 3 rings (SSSR count). The largest absolute Gasteiger partial charge is 0.310 e. The van der Waals surface area contributed by atoms with Gasteiger partial charge in [-0.1, -0.05) is 44.2 Å². The zero-order chi connectivity index (χ0) is 13.9. The Bertz CT molecular complexity index is 713. The molecule has 0 spiro atoms. The molecule has 20 heavy (non-hydrogen) atoms. The van der Waals surface area contributed by atoms with Crippen LogP contribution < -0.4 is 5.32 Å². The lowest BCUT2D eigenvalue weighted by atomic mass is 10.1. The van der Waals surface area contributed by atoms with E-state index in [1.807, 2.05) is 18.5 Å². The number of rotatable bonds is 4. The van der Waals surface area contributed by atoms with Crippen molar-refractivity contribution in [3.63, 3.8) is 0 Å². The molecule has 0 saturated carbocycles. The normalized spacial score (nSPS) is 11.3. The molecule has 0 atom stereocenters. The van der Waals surface area contributed by atoms with Gasteiger partial charge < -0.3 is 5.32 Å². The van der Waals surface area contributed by atoms with Gasteiger partial charge in [0, 0.05) is 12.6 Å². The molecule has 3 nitrogen and oxygen atoms in total. The van der Waals surface area contributed by atoms with Crippen LogP contribution in [-0.2, 0) is 6.54 Å². The van der Waals surface area contributed by atoms with E-state index in [-0.39, 0.29) is 0 Å². The number of benzene rings is 2. The van der Waals surface area contributed by atoms with Crippen LogP contribution >= 0.6 is 0 Å². The first kappa shape index (κ1) is 12.9. The number of fused-ring (bicyclic) bond motifs is 1. The number of aromatic nitrogens is 2. The Balaban J connectivity index is 2.05. The van der Waals surface area contributed by atoms with E-state index in [1.54, 1.807) is 0 Å². The second kappa shape index (κ2) is 5.47. The number of imidazole rings is 1. The van der Waals surface area contributed by atoms with Crippen molar-refractivity contribution in [1.82, 2.24) is 14.9 Å². The topological polar surface area (TPSA) is 29.9 Å². The number of para-hydroxylation sites is 3. The molecular formula is C17H19N3. The molecule has 1 heterocycles. The van der Waals surface area contributed by atoms with Crippen LogP contribution in [0, 0.1) is 0 Å². The first-order chi connectivity index (χ1) is 9.75. The minimum atomic E-state index is 0.475. The summed E-state index contributed by atoms with van der Waals surface area (Å²) in [6.07, 6.45) is 1.90. The molecule has 0 fully saturated rings. The zero-order valence-corrected chi connectivity index (χ0v) is 11.9. The first-order valence-electron chi connectivity index (χ1n) is 6.99. The van der Waals surface area contributed by atoms with Crippen LogP contribution in [-0.4, -0.2) is 15.6 Å². The average Bonchev–Trinajstić information content (AvgIpc) is 2.89. The molecule has 1 N–H and O–H groups in total. The summed E-state index contributed by atoms with van der Waals surface area (Å²) in [6.45, 7) is 5.19. The second-order valence-corrected chi connectivity index (χ2v) is 5.27. The van der Waals surface area contributed by atoms with E-state index in [9.17, 15) is 0 Å². The molecule has 0 amide bonds. The van der Waals surface area contributed by atoms with Crippen LogP contribution in [0.4, 0.5) is 0 Å². The van der Waals surface area contributed by atoms with E-state index in [1.165, 1.54) is 11.3 Å². The monoisotopic (exact) mass is 265 g/mol. The highest BCUT2D eigenvalue weighted by Crippen LogP contribution is 2.21. The van der Waals surface area contributed by atoms with Crippen molar-refractivity contribution in [3.05, 3.63) is 60.4 Å². The minimum absolute atomic E-state index is 0.475. The van der Waals surface area contributed by atoms with E-state index >= 15 is 0 Å². The maximum absolute atomic E-state index is 4.47. The number of nitrogens with zero attached hydrogens (tertiary/aromatic N) is 2. The van der Waals surface area contributed by atoms with Crippen LogP contribution in [0.5, 0.6) is 0 Å². The first-order valence-corrected chi connectivity index (χ1v) is 6.99. The maximum Gasteiger partial charge on any atom is 0.100 e. The number of nitrogens with one attached hydrogen (secondary N) is 1. The Morgan fingerprint density at radius 1 is 1.05 bits per heavy atom. The van der Waals surface area contributed by atoms with Gasteiger partial charge in [0.2, 0.25) is 0 Å². The summed E-state index contributed by atoms with van der Waals surface area (Å²) < 4.78 is 2.16. The van der Waals surface area contributed by atoms with Gasteiger partial charge in [0.05, 0.1) is 16.7 Å². The van der Waals surface area contributed by atoms with Crippen LogP contribution in [0.3, 0.4) is 0 Å². The maximum atomic E-state index is 4.47. The highest BCUT2D eigenvalue weighted by atomic mass is 15.1. The van der Waals surface area contributed by atoms with E-state index in [4.69, 9.17) is 0 Å². The van der Waals surface area contributed by atoms with Crippen LogP contribution in [0.25, 0.3) is 16.7 Å². The lowest BCUT2D eigenvalue weighted by molar-refractivity contribution is 0.588. The molecule has 0 saturated heterocycles. The SMILES string of the molecule is CC(C)NCc1ccccc1-n1cnc2ccccc21. The van der Waals surface area contributed by atoms with Crippen molar-refractivity contribution >= 4 is 11.0 Å². The van der Waals surface area contributed by atoms with E-state index < -0.39 is 0 Å². The van der Waals surface area contributed by atoms with Crippen molar-refractivity contribution < 1.29 is 0 Å². The van der Waals surface area contributed by atoms with Gasteiger partial charge in [-0.05, 0) is 23.8 Å². The highest BCUT2D eigenvalue weighted by Gasteiger charge is 2.08. The molecule has 1 aromatic heterocycles. The number of hydrogen-bond donors (Lipinski definition) is 1. The zero-order valence-electron chi connectivity index (χ0n) is 11.9. The summed E-state index contributed by atoms with van der Waals surface area (Å²) >= 11 is 0. The summed E-state index contributed by atoms with van der Waals surface area (Å²) in [7, 11) is 0. The Kier molecular flexibility index (Phi) is 3.52. The predicted molar refractivity (Wildman–Crippen MR) is 83.0 cm³/mol. The molecule has 3 heteroatoms. The Morgan fingerprint density at radius 2 is 1.80 bits per heavy atom. The lowest BCUT2D eigenvalue weighted by Gasteiger charge is -2.13. The fourth-order valence-corrected chi connectivity index (χ4v) is 2.36. The predicted octanol–water partition coefficient (Wildman–Crippen LogP) is 3.52. The van der Waals surface area contributed by atoms with Crippen LogP contribution in [0.1, 0.15) is 19.4 Å². The summed E-state index contributed by atoms with van der Waals surface area (Å²) in [6, 6.07) is 17.2. The molecule has 2 aromatic carbocycles. The average molecular weight is 265 g/mol. The highest BCUT2D eigenvalue weighted by molar-refractivity contribution is 5.77. The van der Waals surface area contributed by atoms with Gasteiger partial charge in [0.25, 0.3) is 0 Å². The summed E-state index contributed by atoms with van der Waals surface area (Å²) in [5.41, 5.74) is 4.64. The van der Waals surface area contributed by atoms with Crippen molar-refractivity contribution in [2.24, 2.45) is 0 Å². The molecule has 0 aliphatic rings. The standard InChI is InChI=1S/C17H19N3/c1-13(2)18-11-14-7-3-5-9-16(14)20-12-19-15-8-4-6-10-17(15)20/h3-10,12-13,18H,11H2,1-2H3. The Hall–Kier alpha value is -2.13. The Labute approximate surface area is 119 Å². The molecule has 0 aliphatic heterocycles. The smallest absolute Gasteiger partial charge is 0.100 e. The molecule has 0 bridgehead atoms. The van der Waals surface area contributed by atoms with Gasteiger partial charge >= 0.3 is 0 Å². The second-order valence-electron chi connectivity index (χ2n) is 5.27. The fourth-order valence-electron chi connectivity index (χ4n) is 2.36. The van der Waals surface area contributed by atoms with Crippen molar-refractivity contribution in [2.45, 2.75) is 26.4 Å². The van der Waals surface area contributed by atoms with Gasteiger partial charge in [-0.2, -0.15) is 0 Å². The van der Waals surface area contributed by atoms with Crippen molar-refractivity contribution in [2.75, 3.05) is 0 Å². The summed E-state index contributed by atoms with van der Waals surface area (Å²) in [4.78, 5) is 4.47. The fraction of sp³-hybridized carbons (Fsp3) is 0.235. The third kappa shape index (κ3) is 2.45. The lowest BCUT2D eigenvalue weighted by Crippen LogP contribution is -2.22. The van der Waals surface area contributed by atoms with Gasteiger partial charge in [0.15, 0.2) is 0 Å². The van der Waals surface area contributed by atoms with Crippen LogP contribution in [0.15, 0.2) is 54.9 Å². The molecule has 0 aliphatic carbocycles. The summed E-state index contributed by atoms with van der Waals surface area (Å²) in [5.74, 6) is 0. The molecule has 102 valence electrons. The molecular weight excluding hydrogens is 246 g/mol. The quantitative estimate of drug-likeness (QED) is 0.782.